The van der Waals surface area contributed by atoms with Crippen LogP contribution in [0.1, 0.15) is 43.9 Å². The van der Waals surface area contributed by atoms with Crippen molar-refractivity contribution in [3.63, 3.8) is 0 Å². The molecule has 108 valence electrons. The summed E-state index contributed by atoms with van der Waals surface area (Å²) < 4.78 is 5.20. The highest BCUT2D eigenvalue weighted by atomic mass is 16.5. The minimum Gasteiger partial charge on any atom is -0.380 e. The van der Waals surface area contributed by atoms with Crippen LogP contribution in [0, 0.1) is 0 Å². The van der Waals surface area contributed by atoms with Gasteiger partial charge in [0.2, 0.25) is 0 Å². The quantitative estimate of drug-likeness (QED) is 0.745. The van der Waals surface area contributed by atoms with Gasteiger partial charge in [-0.25, -0.2) is 0 Å². The second kappa shape index (κ2) is 9.08. The van der Waals surface area contributed by atoms with Gasteiger partial charge in [0.15, 0.2) is 0 Å². The summed E-state index contributed by atoms with van der Waals surface area (Å²) in [6.07, 6.45) is 2.44. The van der Waals surface area contributed by atoms with Crippen LogP contribution in [0.3, 0.4) is 0 Å². The van der Waals surface area contributed by atoms with Crippen molar-refractivity contribution in [3.05, 3.63) is 35.4 Å². The van der Waals surface area contributed by atoms with Crippen LogP contribution in [0.4, 0.5) is 0 Å². The highest BCUT2D eigenvalue weighted by molar-refractivity contribution is 5.26. The molecule has 0 fully saturated rings. The van der Waals surface area contributed by atoms with E-state index < -0.39 is 0 Å². The molecule has 0 radical (unpaired) electrons. The maximum absolute atomic E-state index is 6.00. The first-order valence-electron chi connectivity index (χ1n) is 7.28. The smallest absolute Gasteiger partial charge is 0.0713 e. The molecule has 0 aliphatic carbocycles. The number of unbranched alkanes of at least 4 members (excludes halogenated alkanes) is 1. The number of nitrogens with zero attached hydrogens (tertiary/aromatic N) is 1. The Morgan fingerprint density at radius 3 is 2.68 bits per heavy atom. The Kier molecular flexibility index (Phi) is 7.72. The zero-order valence-electron chi connectivity index (χ0n) is 12.6. The Balaban J connectivity index is 2.84. The standard InChI is InChI=1S/C16H28N2O/c1-4-6-10-18(5-2)16(12-17)15-9-7-8-14(11-15)13-19-3/h7-9,11,16H,4-6,10,12-13,17H2,1-3H3. The highest BCUT2D eigenvalue weighted by Gasteiger charge is 2.17. The van der Waals surface area contributed by atoms with Gasteiger partial charge < -0.3 is 10.5 Å². The molecule has 0 saturated heterocycles. The first-order valence-corrected chi connectivity index (χ1v) is 7.28. The third-order valence-corrected chi connectivity index (χ3v) is 3.52. The van der Waals surface area contributed by atoms with Crippen LogP contribution in [0.2, 0.25) is 0 Å². The Labute approximate surface area is 117 Å². The van der Waals surface area contributed by atoms with Gasteiger partial charge in [-0.15, -0.1) is 0 Å². The van der Waals surface area contributed by atoms with Crippen molar-refractivity contribution < 1.29 is 4.74 Å². The van der Waals surface area contributed by atoms with Gasteiger partial charge in [0, 0.05) is 19.7 Å². The largest absolute Gasteiger partial charge is 0.380 e. The van der Waals surface area contributed by atoms with Crippen LogP contribution in [-0.2, 0) is 11.3 Å². The Morgan fingerprint density at radius 2 is 2.11 bits per heavy atom. The second-order valence-corrected chi connectivity index (χ2v) is 4.91. The van der Waals surface area contributed by atoms with E-state index in [-0.39, 0.29) is 0 Å². The fourth-order valence-electron chi connectivity index (χ4n) is 2.45. The van der Waals surface area contributed by atoms with Gasteiger partial charge in [0.1, 0.15) is 0 Å². The first kappa shape index (κ1) is 16.2. The number of benzene rings is 1. The van der Waals surface area contributed by atoms with Crippen LogP contribution in [0.5, 0.6) is 0 Å². The predicted molar refractivity (Wildman–Crippen MR) is 81.1 cm³/mol. The van der Waals surface area contributed by atoms with Crippen LogP contribution in [0.25, 0.3) is 0 Å². The number of nitrogens with two attached hydrogens (primary N) is 1. The summed E-state index contributed by atoms with van der Waals surface area (Å²) in [6, 6.07) is 8.90. The van der Waals surface area contributed by atoms with Gasteiger partial charge in [-0.2, -0.15) is 0 Å². The fraction of sp³-hybridized carbons (Fsp3) is 0.625. The molecule has 3 nitrogen and oxygen atoms in total. The van der Waals surface area contributed by atoms with Crippen LogP contribution < -0.4 is 5.73 Å². The Bertz CT molecular complexity index is 354. The van der Waals surface area contributed by atoms with E-state index in [2.05, 4.69) is 43.0 Å². The van der Waals surface area contributed by atoms with Crippen LogP contribution in [-0.4, -0.2) is 31.6 Å². The summed E-state index contributed by atoms with van der Waals surface area (Å²) in [6.45, 7) is 7.90. The maximum Gasteiger partial charge on any atom is 0.0713 e. The molecule has 0 bridgehead atoms. The molecule has 0 spiro atoms. The normalized spacial score (nSPS) is 12.9. The molecule has 0 aliphatic heterocycles. The zero-order chi connectivity index (χ0) is 14.1. The maximum atomic E-state index is 6.00. The first-order chi connectivity index (χ1) is 9.26. The molecule has 0 saturated carbocycles. The van der Waals surface area contributed by atoms with Crippen molar-refractivity contribution in [2.45, 2.75) is 39.3 Å². The van der Waals surface area contributed by atoms with E-state index in [0.717, 1.165) is 13.1 Å². The van der Waals surface area contributed by atoms with Crippen LogP contribution >= 0.6 is 0 Å². The molecular formula is C16H28N2O. The van der Waals surface area contributed by atoms with Gasteiger partial charge in [0.25, 0.3) is 0 Å². The Hall–Kier alpha value is -0.900. The molecule has 3 heteroatoms. The molecule has 1 unspecified atom stereocenters. The Morgan fingerprint density at radius 1 is 1.32 bits per heavy atom. The number of methoxy groups -OCH3 is 1. The van der Waals surface area contributed by atoms with Crippen molar-refractivity contribution >= 4 is 0 Å². The average Bonchev–Trinajstić information content (AvgIpc) is 2.44. The molecule has 1 atom stereocenters. The number of rotatable bonds is 9. The van der Waals surface area contributed by atoms with Crippen LogP contribution in [0.15, 0.2) is 24.3 Å². The molecule has 0 aliphatic rings. The van der Waals surface area contributed by atoms with Gasteiger partial charge in [-0.1, -0.05) is 44.5 Å². The molecule has 0 aromatic heterocycles. The van der Waals surface area contributed by atoms with E-state index in [1.807, 2.05) is 0 Å². The molecular weight excluding hydrogens is 236 g/mol. The SMILES string of the molecule is CCCCN(CC)C(CN)c1cccc(COC)c1. The zero-order valence-corrected chi connectivity index (χ0v) is 12.6. The monoisotopic (exact) mass is 264 g/mol. The molecule has 1 rings (SSSR count). The fourth-order valence-corrected chi connectivity index (χ4v) is 2.45. The third-order valence-electron chi connectivity index (χ3n) is 3.52. The number of likely N-dealkylation sites (N-methyl/N-ethyl adjacent to an activating group) is 1. The second-order valence-electron chi connectivity index (χ2n) is 4.91. The lowest BCUT2D eigenvalue weighted by molar-refractivity contribution is 0.184. The minimum absolute atomic E-state index is 0.313. The number of hydrogen-bond acceptors (Lipinski definition) is 3. The minimum atomic E-state index is 0.313. The highest BCUT2D eigenvalue weighted by Crippen LogP contribution is 2.21. The summed E-state index contributed by atoms with van der Waals surface area (Å²) in [4.78, 5) is 2.47. The molecule has 1 aromatic carbocycles. The molecule has 19 heavy (non-hydrogen) atoms. The summed E-state index contributed by atoms with van der Waals surface area (Å²) >= 11 is 0. The van der Waals surface area contributed by atoms with Gasteiger partial charge in [-0.3, -0.25) is 4.90 Å². The average molecular weight is 264 g/mol. The summed E-state index contributed by atoms with van der Waals surface area (Å²) in [5.74, 6) is 0. The van der Waals surface area contributed by atoms with Gasteiger partial charge in [0.05, 0.1) is 6.61 Å². The lowest BCUT2D eigenvalue weighted by Crippen LogP contribution is -2.34. The van der Waals surface area contributed by atoms with Crippen molar-refractivity contribution in [2.75, 3.05) is 26.7 Å². The van der Waals surface area contributed by atoms with Crippen molar-refractivity contribution in [1.29, 1.82) is 0 Å². The molecule has 0 heterocycles. The van der Waals surface area contributed by atoms with Crippen molar-refractivity contribution in [3.8, 4) is 0 Å². The third kappa shape index (κ3) is 4.94. The number of hydrogen-bond donors (Lipinski definition) is 1. The lowest BCUT2D eigenvalue weighted by Gasteiger charge is -2.30. The number of ether oxygens (including phenoxy) is 1. The topological polar surface area (TPSA) is 38.5 Å². The van der Waals surface area contributed by atoms with E-state index in [1.54, 1.807) is 7.11 Å². The molecule has 2 N–H and O–H groups in total. The molecule has 1 aromatic rings. The summed E-state index contributed by atoms with van der Waals surface area (Å²) in [5.41, 5.74) is 8.52. The molecule has 0 amide bonds. The van der Waals surface area contributed by atoms with Gasteiger partial charge in [-0.05, 0) is 30.6 Å². The lowest BCUT2D eigenvalue weighted by atomic mass is 10.0. The van der Waals surface area contributed by atoms with Crippen molar-refractivity contribution in [1.82, 2.24) is 4.90 Å². The van der Waals surface area contributed by atoms with E-state index in [9.17, 15) is 0 Å². The summed E-state index contributed by atoms with van der Waals surface area (Å²) in [7, 11) is 1.73. The summed E-state index contributed by atoms with van der Waals surface area (Å²) in [5, 5.41) is 0. The van der Waals surface area contributed by atoms with E-state index in [0.29, 0.717) is 19.2 Å². The van der Waals surface area contributed by atoms with E-state index in [1.165, 1.54) is 24.0 Å². The van der Waals surface area contributed by atoms with E-state index in [4.69, 9.17) is 10.5 Å². The van der Waals surface area contributed by atoms with Crippen molar-refractivity contribution in [2.24, 2.45) is 5.73 Å². The van der Waals surface area contributed by atoms with E-state index >= 15 is 0 Å². The van der Waals surface area contributed by atoms with Gasteiger partial charge >= 0.3 is 0 Å². The predicted octanol–water partition coefficient (Wildman–Crippen LogP) is 2.95.